The number of anilines is 1. The minimum absolute atomic E-state index is 0.0288. The van der Waals surface area contributed by atoms with Gasteiger partial charge in [0.15, 0.2) is 0 Å². The number of carbonyl (C=O) groups excluding carboxylic acids is 2. The second-order valence-electron chi connectivity index (χ2n) is 9.12. The number of nitrogens with one attached hydrogen (secondary N) is 1. The summed E-state index contributed by atoms with van der Waals surface area (Å²) < 4.78 is 26.4. The molecule has 1 aliphatic heterocycles. The maximum absolute atomic E-state index is 13.7. The molecule has 178 valence electrons. The lowest BCUT2D eigenvalue weighted by atomic mass is 9.91. The predicted molar refractivity (Wildman–Crippen MR) is 127 cm³/mol. The van der Waals surface area contributed by atoms with E-state index in [1.54, 1.807) is 32.0 Å². The van der Waals surface area contributed by atoms with Gasteiger partial charge in [0.2, 0.25) is 21.8 Å². The predicted octanol–water partition coefficient (Wildman–Crippen LogP) is 3.63. The summed E-state index contributed by atoms with van der Waals surface area (Å²) in [4.78, 5) is 28.5. The maximum Gasteiger partial charge on any atom is 0.247 e. The van der Waals surface area contributed by atoms with Crippen LogP contribution in [0.5, 0.6) is 0 Å². The standard InChI is InChI=1S/C23H34ClN3O4S/c1-4-32(30,31)26-15-21(28)27(20-13-12-18(24)14-17(20)2)23(3,16-26)22(29)25-19-10-8-6-5-7-9-11-19/h12-14,19H,4-11,15-16H2,1-3H3,(H,25,29)/t23-/m1/s1. The first kappa shape index (κ1) is 25.0. The van der Waals surface area contributed by atoms with Crippen molar-refractivity contribution < 1.29 is 18.0 Å². The summed E-state index contributed by atoms with van der Waals surface area (Å²) in [6.07, 6.45) is 7.43. The number of aryl methyl sites for hydroxylation is 1. The topological polar surface area (TPSA) is 86.8 Å². The van der Waals surface area contributed by atoms with E-state index >= 15 is 0 Å². The molecule has 2 amide bonds. The lowest BCUT2D eigenvalue weighted by Gasteiger charge is -2.47. The number of nitrogens with zero attached hydrogens (tertiary/aromatic N) is 2. The van der Waals surface area contributed by atoms with Crippen molar-refractivity contribution in [2.24, 2.45) is 0 Å². The number of sulfonamides is 1. The fourth-order valence-electron chi connectivity index (χ4n) is 4.73. The number of halogens is 1. The van der Waals surface area contributed by atoms with Gasteiger partial charge >= 0.3 is 0 Å². The number of rotatable bonds is 5. The van der Waals surface area contributed by atoms with Gasteiger partial charge in [0.05, 0.1) is 12.3 Å². The maximum atomic E-state index is 13.7. The highest BCUT2D eigenvalue weighted by Crippen LogP contribution is 2.34. The average molecular weight is 484 g/mol. The molecule has 3 rings (SSSR count). The average Bonchev–Trinajstić information content (AvgIpc) is 2.70. The zero-order chi connectivity index (χ0) is 23.5. The van der Waals surface area contributed by atoms with E-state index in [-0.39, 0.29) is 30.8 Å². The molecule has 1 saturated carbocycles. The quantitative estimate of drug-likeness (QED) is 0.692. The summed E-state index contributed by atoms with van der Waals surface area (Å²) in [7, 11) is -3.64. The monoisotopic (exact) mass is 483 g/mol. The number of hydrogen-bond acceptors (Lipinski definition) is 4. The highest BCUT2D eigenvalue weighted by molar-refractivity contribution is 7.89. The van der Waals surface area contributed by atoms with Gasteiger partial charge < -0.3 is 5.32 Å². The second-order valence-corrected chi connectivity index (χ2v) is 11.8. The van der Waals surface area contributed by atoms with Crippen molar-refractivity contribution in [1.82, 2.24) is 9.62 Å². The number of hydrogen-bond donors (Lipinski definition) is 1. The van der Waals surface area contributed by atoms with Crippen molar-refractivity contribution in [1.29, 1.82) is 0 Å². The fraction of sp³-hybridized carbons (Fsp3) is 0.652. The third-order valence-corrected chi connectivity index (χ3v) is 8.64. The van der Waals surface area contributed by atoms with Crippen LogP contribution in [0.2, 0.25) is 5.02 Å². The molecule has 0 spiro atoms. The summed E-state index contributed by atoms with van der Waals surface area (Å²) in [6, 6.07) is 5.17. The Kier molecular flexibility index (Phi) is 7.89. The molecule has 0 unspecified atom stereocenters. The third kappa shape index (κ3) is 5.29. The largest absolute Gasteiger partial charge is 0.351 e. The van der Waals surface area contributed by atoms with Gasteiger partial charge in [-0.15, -0.1) is 0 Å². The first-order valence-electron chi connectivity index (χ1n) is 11.5. The van der Waals surface area contributed by atoms with Crippen LogP contribution in [0, 0.1) is 6.92 Å². The molecule has 0 aromatic heterocycles. The van der Waals surface area contributed by atoms with E-state index in [1.165, 1.54) is 11.3 Å². The van der Waals surface area contributed by atoms with E-state index in [2.05, 4.69) is 5.32 Å². The van der Waals surface area contributed by atoms with E-state index in [0.29, 0.717) is 10.7 Å². The van der Waals surface area contributed by atoms with Crippen LogP contribution in [0.4, 0.5) is 5.69 Å². The van der Waals surface area contributed by atoms with Gasteiger partial charge in [-0.1, -0.05) is 43.7 Å². The molecule has 32 heavy (non-hydrogen) atoms. The minimum Gasteiger partial charge on any atom is -0.351 e. The first-order chi connectivity index (χ1) is 15.1. The molecule has 1 N–H and O–H groups in total. The number of carbonyl (C=O) groups is 2. The zero-order valence-electron chi connectivity index (χ0n) is 19.2. The molecule has 2 fully saturated rings. The number of piperazine rings is 1. The van der Waals surface area contributed by atoms with E-state index in [4.69, 9.17) is 11.6 Å². The molecule has 2 aliphatic rings. The van der Waals surface area contributed by atoms with Crippen LogP contribution in [0.25, 0.3) is 0 Å². The summed E-state index contributed by atoms with van der Waals surface area (Å²) in [6.45, 7) is 4.66. The summed E-state index contributed by atoms with van der Waals surface area (Å²) in [5.74, 6) is -0.864. The Bertz CT molecular complexity index is 960. The van der Waals surface area contributed by atoms with E-state index < -0.39 is 21.5 Å². The molecule has 0 bridgehead atoms. The molecule has 9 heteroatoms. The Morgan fingerprint density at radius 2 is 1.81 bits per heavy atom. The lowest BCUT2D eigenvalue weighted by molar-refractivity contribution is -0.133. The summed E-state index contributed by atoms with van der Waals surface area (Å²) >= 11 is 6.12. The second kappa shape index (κ2) is 10.1. The number of amides is 2. The Labute approximate surface area is 196 Å². The van der Waals surface area contributed by atoms with Crippen LogP contribution in [0.3, 0.4) is 0 Å². The molecular formula is C23H34ClN3O4S. The molecule has 1 atom stereocenters. The molecule has 1 aromatic carbocycles. The van der Waals surface area contributed by atoms with Crippen molar-refractivity contribution in [3.8, 4) is 0 Å². The first-order valence-corrected chi connectivity index (χ1v) is 13.4. The molecule has 1 saturated heterocycles. The lowest BCUT2D eigenvalue weighted by Crippen LogP contribution is -2.71. The van der Waals surface area contributed by atoms with Crippen molar-refractivity contribution >= 4 is 39.1 Å². The molecule has 7 nitrogen and oxygen atoms in total. The van der Waals surface area contributed by atoms with Crippen molar-refractivity contribution in [2.45, 2.75) is 77.3 Å². The van der Waals surface area contributed by atoms with E-state index in [0.717, 1.165) is 48.4 Å². The fourth-order valence-corrected chi connectivity index (χ4v) is 6.08. The zero-order valence-corrected chi connectivity index (χ0v) is 20.8. The highest BCUT2D eigenvalue weighted by atomic mass is 35.5. The van der Waals surface area contributed by atoms with Gasteiger partial charge in [0.1, 0.15) is 5.54 Å². The van der Waals surface area contributed by atoms with Crippen molar-refractivity contribution in [3.05, 3.63) is 28.8 Å². The molecule has 1 aromatic rings. The van der Waals surface area contributed by atoms with Gasteiger partial charge in [-0.2, -0.15) is 4.31 Å². The highest BCUT2D eigenvalue weighted by Gasteiger charge is 2.51. The molecule has 0 radical (unpaired) electrons. The Morgan fingerprint density at radius 3 is 2.41 bits per heavy atom. The van der Waals surface area contributed by atoms with Crippen molar-refractivity contribution in [2.75, 3.05) is 23.7 Å². The van der Waals surface area contributed by atoms with Gasteiger partial charge in [-0.25, -0.2) is 8.42 Å². The Morgan fingerprint density at radius 1 is 1.19 bits per heavy atom. The molecular weight excluding hydrogens is 450 g/mol. The van der Waals surface area contributed by atoms with Crippen LogP contribution in [-0.2, 0) is 19.6 Å². The van der Waals surface area contributed by atoms with E-state index in [9.17, 15) is 18.0 Å². The van der Waals surface area contributed by atoms with Gasteiger partial charge in [0, 0.05) is 23.3 Å². The molecule has 1 aliphatic carbocycles. The van der Waals surface area contributed by atoms with Gasteiger partial charge in [-0.05, 0) is 57.4 Å². The van der Waals surface area contributed by atoms with Gasteiger partial charge in [0.25, 0.3) is 0 Å². The SMILES string of the molecule is CCS(=O)(=O)N1CC(=O)N(c2ccc(Cl)cc2C)[C@@](C)(C(=O)NC2CCCCCCC2)C1. The van der Waals surface area contributed by atoms with Crippen LogP contribution < -0.4 is 10.2 Å². The van der Waals surface area contributed by atoms with E-state index in [1.807, 2.05) is 6.92 Å². The minimum atomic E-state index is -3.64. The summed E-state index contributed by atoms with van der Waals surface area (Å²) in [5, 5.41) is 3.69. The number of benzene rings is 1. The summed E-state index contributed by atoms with van der Waals surface area (Å²) in [5.41, 5.74) is -0.0516. The smallest absolute Gasteiger partial charge is 0.247 e. The van der Waals surface area contributed by atoms with Crippen LogP contribution in [0.15, 0.2) is 18.2 Å². The van der Waals surface area contributed by atoms with Crippen molar-refractivity contribution in [3.63, 3.8) is 0 Å². The normalized spacial score (nSPS) is 24.1. The van der Waals surface area contributed by atoms with Gasteiger partial charge in [-0.3, -0.25) is 14.5 Å². The molecule has 1 heterocycles. The Hall–Kier alpha value is -1.64. The van der Waals surface area contributed by atoms with Crippen LogP contribution in [-0.4, -0.2) is 55.0 Å². The third-order valence-electron chi connectivity index (χ3n) is 6.63. The van der Waals surface area contributed by atoms with Crippen LogP contribution in [0.1, 0.15) is 64.4 Å². The van der Waals surface area contributed by atoms with Crippen LogP contribution >= 0.6 is 11.6 Å². The Balaban J connectivity index is 1.98.